The Hall–Kier alpha value is -2.13. The molecule has 0 saturated heterocycles. The van der Waals surface area contributed by atoms with Gasteiger partial charge in [-0.25, -0.2) is 9.37 Å². The fourth-order valence-electron chi connectivity index (χ4n) is 3.46. The topological polar surface area (TPSA) is 42.7 Å². The van der Waals surface area contributed by atoms with Gasteiger partial charge in [-0.3, -0.25) is 9.71 Å². The molecule has 0 atom stereocenters. The third-order valence-electron chi connectivity index (χ3n) is 4.90. The molecule has 0 bridgehead atoms. The number of hydrogen-bond donors (Lipinski definition) is 1. The normalized spacial score (nSPS) is 15.1. The molecule has 4 nitrogen and oxygen atoms in total. The van der Waals surface area contributed by atoms with Gasteiger partial charge in [-0.15, -0.1) is 0 Å². The number of aromatic nitrogens is 3. The van der Waals surface area contributed by atoms with Crippen LogP contribution in [0.5, 0.6) is 0 Å². The van der Waals surface area contributed by atoms with E-state index in [-0.39, 0.29) is 16.7 Å². The monoisotopic (exact) mass is 452 g/mol. The minimum Gasteiger partial charge on any atom is -0.332 e. The number of rotatable bonds is 6. The van der Waals surface area contributed by atoms with Crippen molar-refractivity contribution in [3.05, 3.63) is 47.7 Å². The molecule has 0 spiro atoms. The summed E-state index contributed by atoms with van der Waals surface area (Å²) < 4.78 is 60.7. The van der Waals surface area contributed by atoms with Crippen molar-refractivity contribution in [1.29, 1.82) is 0 Å². The predicted octanol–water partition coefficient (Wildman–Crippen LogP) is 6.20. The number of hydrogen-bond acceptors (Lipinski definition) is 4. The number of fused-ring (bicyclic) bond motifs is 1. The maximum Gasteiger partial charge on any atom is 0.434 e. The van der Waals surface area contributed by atoms with Crippen LogP contribution in [0.2, 0.25) is 0 Å². The number of pyridine rings is 2. The van der Waals surface area contributed by atoms with Crippen molar-refractivity contribution in [3.63, 3.8) is 0 Å². The van der Waals surface area contributed by atoms with Crippen LogP contribution in [0.15, 0.2) is 30.6 Å². The standard InChI is InChI=1S/C22H24F4N4S/c1-21(2,3)12-30-11-13(10-28-31-14-6-7-14)16-9-17(23)18(29-20(16)30)15-5-4-8-27-19(15)22(24,25)26/h4-5,8-9,11,14,28H,6-7,10,12H2,1-3H3. The van der Waals surface area contributed by atoms with Gasteiger partial charge in [0.25, 0.3) is 0 Å². The molecule has 0 aromatic carbocycles. The van der Waals surface area contributed by atoms with Gasteiger partial charge < -0.3 is 4.57 Å². The van der Waals surface area contributed by atoms with Crippen molar-refractivity contribution >= 4 is 23.0 Å². The quantitative estimate of drug-likeness (QED) is 0.357. The van der Waals surface area contributed by atoms with Crippen LogP contribution in [0.1, 0.15) is 44.9 Å². The van der Waals surface area contributed by atoms with Gasteiger partial charge in [0.2, 0.25) is 0 Å². The van der Waals surface area contributed by atoms with Gasteiger partial charge in [-0.1, -0.05) is 32.7 Å². The molecule has 0 radical (unpaired) electrons. The Morgan fingerprint density at radius 2 is 1.97 bits per heavy atom. The fourth-order valence-corrected chi connectivity index (χ4v) is 4.31. The zero-order valence-corrected chi connectivity index (χ0v) is 18.4. The van der Waals surface area contributed by atoms with Crippen molar-refractivity contribution in [3.8, 4) is 11.3 Å². The Morgan fingerprint density at radius 1 is 1.23 bits per heavy atom. The lowest BCUT2D eigenvalue weighted by atomic mass is 9.97. The zero-order chi connectivity index (χ0) is 22.4. The molecule has 0 aliphatic heterocycles. The lowest BCUT2D eigenvalue weighted by Gasteiger charge is -2.19. The second-order valence-electron chi connectivity index (χ2n) is 9.07. The maximum absolute atomic E-state index is 15.1. The molecule has 3 aromatic rings. The fraction of sp³-hybridized carbons (Fsp3) is 0.455. The minimum absolute atomic E-state index is 0.0962. The van der Waals surface area contributed by atoms with Crippen LogP contribution >= 0.6 is 11.9 Å². The molecule has 1 aliphatic rings. The molecule has 3 heterocycles. The number of halogens is 4. The van der Waals surface area contributed by atoms with Gasteiger partial charge in [-0.2, -0.15) is 13.2 Å². The van der Waals surface area contributed by atoms with E-state index in [2.05, 4.69) is 35.5 Å². The highest BCUT2D eigenvalue weighted by atomic mass is 32.2. The molecule has 3 aromatic heterocycles. The van der Waals surface area contributed by atoms with Crippen LogP contribution in [0.4, 0.5) is 17.6 Å². The van der Waals surface area contributed by atoms with Gasteiger partial charge in [0.1, 0.15) is 17.2 Å². The van der Waals surface area contributed by atoms with Crippen LogP contribution in [-0.2, 0) is 19.3 Å². The van der Waals surface area contributed by atoms with Crippen molar-refractivity contribution in [2.75, 3.05) is 0 Å². The number of nitrogens with one attached hydrogen (secondary N) is 1. The first-order valence-corrected chi connectivity index (χ1v) is 11.0. The molecule has 1 aliphatic carbocycles. The predicted molar refractivity (Wildman–Crippen MR) is 115 cm³/mol. The molecular weight excluding hydrogens is 428 g/mol. The summed E-state index contributed by atoms with van der Waals surface area (Å²) in [6.07, 6.45) is 0.639. The highest BCUT2D eigenvalue weighted by Crippen LogP contribution is 2.37. The minimum atomic E-state index is -4.71. The van der Waals surface area contributed by atoms with Gasteiger partial charge in [0.15, 0.2) is 5.69 Å². The molecule has 1 saturated carbocycles. The average molecular weight is 453 g/mol. The first-order valence-electron chi connectivity index (χ1n) is 10.1. The van der Waals surface area contributed by atoms with E-state index < -0.39 is 17.7 Å². The summed E-state index contributed by atoms with van der Waals surface area (Å²) >= 11 is 1.67. The largest absolute Gasteiger partial charge is 0.434 e. The third-order valence-corrected chi connectivity index (χ3v) is 6.01. The van der Waals surface area contributed by atoms with Gasteiger partial charge in [-0.05, 0) is 42.0 Å². The maximum atomic E-state index is 15.1. The molecule has 31 heavy (non-hydrogen) atoms. The molecular formula is C22H24F4N4S. The van der Waals surface area contributed by atoms with Crippen LogP contribution in [-0.4, -0.2) is 19.8 Å². The van der Waals surface area contributed by atoms with E-state index >= 15 is 4.39 Å². The summed E-state index contributed by atoms with van der Waals surface area (Å²) in [6.45, 7) is 7.31. The number of nitrogens with zero attached hydrogens (tertiary/aromatic N) is 3. The van der Waals surface area contributed by atoms with E-state index in [0.29, 0.717) is 29.4 Å². The molecule has 0 unspecified atom stereocenters. The van der Waals surface area contributed by atoms with E-state index in [1.165, 1.54) is 31.0 Å². The summed E-state index contributed by atoms with van der Waals surface area (Å²) in [4.78, 5) is 7.84. The van der Waals surface area contributed by atoms with Crippen molar-refractivity contribution in [2.45, 2.75) is 58.1 Å². The molecule has 0 amide bonds. The van der Waals surface area contributed by atoms with Gasteiger partial charge in [0.05, 0.1) is 0 Å². The lowest BCUT2D eigenvalue weighted by molar-refractivity contribution is -0.140. The van der Waals surface area contributed by atoms with Crippen molar-refractivity contribution in [1.82, 2.24) is 19.3 Å². The second-order valence-corrected chi connectivity index (χ2v) is 10.3. The van der Waals surface area contributed by atoms with Crippen LogP contribution in [0, 0.1) is 11.2 Å². The highest BCUT2D eigenvalue weighted by molar-refractivity contribution is 7.98. The van der Waals surface area contributed by atoms with E-state index in [0.717, 1.165) is 11.8 Å². The molecule has 166 valence electrons. The summed E-state index contributed by atoms with van der Waals surface area (Å²) in [5, 5.41) is 1.22. The lowest BCUT2D eigenvalue weighted by Crippen LogP contribution is -2.15. The van der Waals surface area contributed by atoms with E-state index in [9.17, 15) is 13.2 Å². The summed E-state index contributed by atoms with van der Waals surface area (Å²) in [5.74, 6) is -0.796. The van der Waals surface area contributed by atoms with Crippen LogP contribution in [0.3, 0.4) is 0 Å². The van der Waals surface area contributed by atoms with Crippen LogP contribution < -0.4 is 4.72 Å². The van der Waals surface area contributed by atoms with Gasteiger partial charge in [0, 0.05) is 41.7 Å². The van der Waals surface area contributed by atoms with E-state index in [4.69, 9.17) is 0 Å². The van der Waals surface area contributed by atoms with Crippen molar-refractivity contribution < 1.29 is 17.6 Å². The highest BCUT2D eigenvalue weighted by Gasteiger charge is 2.36. The average Bonchev–Trinajstić information content (AvgIpc) is 3.43. The molecule has 9 heteroatoms. The van der Waals surface area contributed by atoms with Crippen molar-refractivity contribution in [2.24, 2.45) is 5.41 Å². The Bertz CT molecular complexity index is 1100. The zero-order valence-electron chi connectivity index (χ0n) is 17.6. The molecule has 1 fully saturated rings. The number of alkyl halides is 3. The van der Waals surface area contributed by atoms with E-state index in [1.54, 1.807) is 11.9 Å². The summed E-state index contributed by atoms with van der Waals surface area (Å²) in [6, 6.07) is 3.86. The summed E-state index contributed by atoms with van der Waals surface area (Å²) in [7, 11) is 0. The van der Waals surface area contributed by atoms with Gasteiger partial charge >= 0.3 is 6.18 Å². The molecule has 4 rings (SSSR count). The third kappa shape index (κ3) is 5.03. The second kappa shape index (κ2) is 8.09. The Labute approximate surface area is 182 Å². The first kappa shape index (κ1) is 22.1. The van der Waals surface area contributed by atoms with E-state index in [1.807, 2.05) is 10.8 Å². The smallest absolute Gasteiger partial charge is 0.332 e. The molecule has 1 N–H and O–H groups in total. The Kier molecular flexibility index (Phi) is 5.76. The summed E-state index contributed by atoms with van der Waals surface area (Å²) in [5.41, 5.74) is -0.599. The Balaban J connectivity index is 1.82. The first-order chi connectivity index (χ1) is 14.5. The Morgan fingerprint density at radius 3 is 2.61 bits per heavy atom. The van der Waals surface area contributed by atoms with Crippen LogP contribution in [0.25, 0.3) is 22.3 Å². The SMILES string of the molecule is CC(C)(C)Cn1cc(CNSC2CC2)c2cc(F)c(-c3cccnc3C(F)(F)F)nc21.